The van der Waals surface area contributed by atoms with E-state index >= 15 is 0 Å². The monoisotopic (exact) mass is 463 g/mol. The molecule has 0 radical (unpaired) electrons. The molecule has 33 heavy (non-hydrogen) atoms. The Balaban J connectivity index is 1.61. The Morgan fingerprint density at radius 2 is 1.97 bits per heavy atom. The SMILES string of the molecule is NCc1ccc(C(=O)Cc2ccncc2F)cc1-c1cccc(C(=O)NC2CCSC2=O)c1. The third-order valence-electron chi connectivity index (χ3n) is 5.54. The minimum Gasteiger partial charge on any atom is -0.341 e. The van der Waals surface area contributed by atoms with Crippen LogP contribution in [0.2, 0.25) is 0 Å². The van der Waals surface area contributed by atoms with Crippen molar-refractivity contribution in [3.05, 3.63) is 89.0 Å². The quantitative estimate of drug-likeness (QED) is 0.520. The van der Waals surface area contributed by atoms with Crippen LogP contribution in [0.3, 0.4) is 0 Å². The maximum Gasteiger partial charge on any atom is 0.251 e. The van der Waals surface area contributed by atoms with E-state index in [1.54, 1.807) is 36.4 Å². The summed E-state index contributed by atoms with van der Waals surface area (Å²) in [6.45, 7) is 0.243. The maximum atomic E-state index is 13.9. The Morgan fingerprint density at radius 3 is 2.70 bits per heavy atom. The number of pyridine rings is 1. The van der Waals surface area contributed by atoms with Crippen LogP contribution in [0.1, 0.15) is 38.3 Å². The fraction of sp³-hybridized carbons (Fsp3) is 0.200. The van der Waals surface area contributed by atoms with Gasteiger partial charge in [0.2, 0.25) is 5.12 Å². The predicted octanol–water partition coefficient (Wildman–Crippen LogP) is 3.53. The molecule has 168 valence electrons. The molecule has 0 saturated carbocycles. The molecule has 2 aromatic carbocycles. The number of ketones is 1. The molecule has 1 saturated heterocycles. The number of hydrogen-bond acceptors (Lipinski definition) is 6. The summed E-state index contributed by atoms with van der Waals surface area (Å²) in [4.78, 5) is 41.1. The number of thioether (sulfide) groups is 1. The molecule has 1 fully saturated rings. The lowest BCUT2D eigenvalue weighted by molar-refractivity contribution is -0.112. The summed E-state index contributed by atoms with van der Waals surface area (Å²) in [6.07, 6.45) is 3.06. The van der Waals surface area contributed by atoms with Gasteiger partial charge < -0.3 is 11.1 Å². The van der Waals surface area contributed by atoms with E-state index in [2.05, 4.69) is 10.3 Å². The Bertz CT molecular complexity index is 1230. The Labute approximate surface area is 194 Å². The number of benzene rings is 2. The number of aromatic nitrogens is 1. The summed E-state index contributed by atoms with van der Waals surface area (Å²) < 4.78 is 13.9. The molecule has 1 aliphatic heterocycles. The smallest absolute Gasteiger partial charge is 0.251 e. The van der Waals surface area contributed by atoms with Gasteiger partial charge in [-0.2, -0.15) is 0 Å². The minimum atomic E-state index is -0.525. The zero-order valence-corrected chi connectivity index (χ0v) is 18.5. The molecule has 1 atom stereocenters. The van der Waals surface area contributed by atoms with Crippen molar-refractivity contribution < 1.29 is 18.8 Å². The van der Waals surface area contributed by atoms with Crippen LogP contribution in [-0.2, 0) is 17.8 Å². The van der Waals surface area contributed by atoms with Crippen LogP contribution in [0.5, 0.6) is 0 Å². The molecule has 0 aliphatic carbocycles. The maximum absolute atomic E-state index is 13.9. The first-order chi connectivity index (χ1) is 16.0. The van der Waals surface area contributed by atoms with Crippen molar-refractivity contribution in [2.24, 2.45) is 5.73 Å². The molecule has 1 amide bonds. The van der Waals surface area contributed by atoms with Gasteiger partial charge >= 0.3 is 0 Å². The number of nitrogens with two attached hydrogens (primary N) is 1. The van der Waals surface area contributed by atoms with Crippen molar-refractivity contribution in [1.29, 1.82) is 0 Å². The van der Waals surface area contributed by atoms with Crippen LogP contribution in [0.25, 0.3) is 11.1 Å². The van der Waals surface area contributed by atoms with Crippen molar-refractivity contribution in [3.8, 4) is 11.1 Å². The largest absolute Gasteiger partial charge is 0.341 e. The molecule has 6 nitrogen and oxygen atoms in total. The summed E-state index contributed by atoms with van der Waals surface area (Å²) in [5.41, 5.74) is 9.28. The molecule has 1 unspecified atom stereocenters. The van der Waals surface area contributed by atoms with Crippen LogP contribution < -0.4 is 11.1 Å². The van der Waals surface area contributed by atoms with Gasteiger partial charge in [0, 0.05) is 36.0 Å². The molecule has 3 aromatic rings. The van der Waals surface area contributed by atoms with Gasteiger partial charge in [-0.1, -0.05) is 36.0 Å². The first kappa shape index (κ1) is 22.8. The van der Waals surface area contributed by atoms with Crippen LogP contribution in [-0.4, -0.2) is 33.6 Å². The second-order valence-electron chi connectivity index (χ2n) is 7.71. The highest BCUT2D eigenvalue weighted by Crippen LogP contribution is 2.27. The number of carbonyl (C=O) groups excluding carboxylic acids is 3. The highest BCUT2D eigenvalue weighted by Gasteiger charge is 2.27. The topological polar surface area (TPSA) is 102 Å². The molecule has 8 heteroatoms. The molecular formula is C25H22FN3O3S. The standard InChI is InChI=1S/C25H22FN3O3S/c26-21-14-28-8-6-16(21)12-23(30)17-4-5-19(13-27)20(11-17)15-2-1-3-18(10-15)24(31)29-22-7-9-33-25(22)32/h1-6,8,10-11,14,22H,7,9,12-13,27H2,(H,29,31). The molecule has 0 spiro atoms. The average Bonchev–Trinajstić information content (AvgIpc) is 3.24. The van der Waals surface area contributed by atoms with Gasteiger partial charge in [-0.05, 0) is 52.9 Å². The number of Topliss-reactive ketones (excluding diaryl/α,β-unsaturated/α-hetero) is 1. The van der Waals surface area contributed by atoms with E-state index < -0.39 is 11.9 Å². The molecule has 4 rings (SSSR count). The second-order valence-corrected chi connectivity index (χ2v) is 8.81. The van der Waals surface area contributed by atoms with Gasteiger partial charge in [-0.15, -0.1) is 0 Å². The zero-order chi connectivity index (χ0) is 23.4. The summed E-state index contributed by atoms with van der Waals surface area (Å²) in [7, 11) is 0. The summed E-state index contributed by atoms with van der Waals surface area (Å²) in [6, 6.07) is 13.1. The third-order valence-corrected chi connectivity index (χ3v) is 6.54. The summed E-state index contributed by atoms with van der Waals surface area (Å²) in [5.74, 6) is -0.389. The third kappa shape index (κ3) is 5.18. The van der Waals surface area contributed by atoms with Gasteiger partial charge in [0.05, 0.1) is 12.2 Å². The van der Waals surface area contributed by atoms with Gasteiger partial charge in [-0.3, -0.25) is 19.4 Å². The number of carbonyl (C=O) groups is 3. The van der Waals surface area contributed by atoms with Crippen LogP contribution in [0, 0.1) is 5.82 Å². The Kier molecular flexibility index (Phi) is 6.96. The minimum absolute atomic E-state index is 0.0261. The highest BCUT2D eigenvalue weighted by atomic mass is 32.2. The van der Waals surface area contributed by atoms with Crippen molar-refractivity contribution in [2.45, 2.75) is 25.4 Å². The van der Waals surface area contributed by atoms with Crippen molar-refractivity contribution in [1.82, 2.24) is 10.3 Å². The Hall–Kier alpha value is -3.36. The molecule has 2 heterocycles. The highest BCUT2D eigenvalue weighted by molar-refractivity contribution is 8.14. The van der Waals surface area contributed by atoms with E-state index in [1.807, 2.05) is 6.07 Å². The van der Waals surface area contributed by atoms with Crippen molar-refractivity contribution in [3.63, 3.8) is 0 Å². The molecule has 0 bridgehead atoms. The van der Waals surface area contributed by atoms with Gasteiger partial charge in [0.25, 0.3) is 5.91 Å². The van der Waals surface area contributed by atoms with E-state index in [0.717, 1.165) is 22.9 Å². The van der Waals surface area contributed by atoms with Gasteiger partial charge in [-0.25, -0.2) is 4.39 Å². The fourth-order valence-corrected chi connectivity index (χ4v) is 4.65. The number of halogens is 1. The lowest BCUT2D eigenvalue weighted by Crippen LogP contribution is -2.37. The van der Waals surface area contributed by atoms with Crippen molar-refractivity contribution >= 4 is 28.6 Å². The Morgan fingerprint density at radius 1 is 1.12 bits per heavy atom. The van der Waals surface area contributed by atoms with E-state index in [9.17, 15) is 18.8 Å². The van der Waals surface area contributed by atoms with Gasteiger partial charge in [0.15, 0.2) is 5.78 Å². The number of nitrogens with one attached hydrogen (secondary N) is 1. The van der Waals surface area contributed by atoms with E-state index in [1.165, 1.54) is 24.0 Å². The average molecular weight is 464 g/mol. The van der Waals surface area contributed by atoms with E-state index in [4.69, 9.17) is 5.73 Å². The van der Waals surface area contributed by atoms with E-state index in [0.29, 0.717) is 23.3 Å². The normalized spacial score (nSPS) is 15.5. The fourth-order valence-electron chi connectivity index (χ4n) is 3.72. The lowest BCUT2D eigenvalue weighted by atomic mass is 9.93. The number of amides is 1. The zero-order valence-electron chi connectivity index (χ0n) is 17.7. The van der Waals surface area contributed by atoms with Crippen LogP contribution in [0.4, 0.5) is 4.39 Å². The molecule has 1 aromatic heterocycles. The number of nitrogens with zero attached hydrogens (tertiary/aromatic N) is 1. The van der Waals surface area contributed by atoms with Crippen LogP contribution in [0.15, 0.2) is 60.9 Å². The summed E-state index contributed by atoms with van der Waals surface area (Å²) >= 11 is 1.23. The predicted molar refractivity (Wildman–Crippen MR) is 125 cm³/mol. The van der Waals surface area contributed by atoms with Crippen molar-refractivity contribution in [2.75, 3.05) is 5.75 Å². The first-order valence-corrected chi connectivity index (χ1v) is 11.5. The number of hydrogen-bond donors (Lipinski definition) is 2. The lowest BCUT2D eigenvalue weighted by Gasteiger charge is -2.13. The number of rotatable bonds is 7. The molecular weight excluding hydrogens is 441 g/mol. The first-order valence-electron chi connectivity index (χ1n) is 10.5. The van der Waals surface area contributed by atoms with Crippen LogP contribution >= 0.6 is 11.8 Å². The summed E-state index contributed by atoms with van der Waals surface area (Å²) in [5, 5.41) is 2.76. The van der Waals surface area contributed by atoms with E-state index in [-0.39, 0.29) is 35.3 Å². The molecule has 1 aliphatic rings. The molecule has 3 N–H and O–H groups in total. The van der Waals surface area contributed by atoms with Gasteiger partial charge in [0.1, 0.15) is 5.82 Å². The second kappa shape index (κ2) is 10.1.